The highest BCUT2D eigenvalue weighted by molar-refractivity contribution is 9.10. The largest absolute Gasteiger partial charge is 0.332 e. The molecule has 9 heteroatoms. The maximum atomic E-state index is 13.7. The monoisotopic (exact) mass is 525 g/mol. The van der Waals surface area contributed by atoms with E-state index in [1.807, 2.05) is 44.2 Å². The Balaban J connectivity index is 1.66. The van der Waals surface area contributed by atoms with Crippen molar-refractivity contribution < 1.29 is 4.79 Å². The average molecular weight is 527 g/mol. The summed E-state index contributed by atoms with van der Waals surface area (Å²) in [5, 5.41) is 9.30. The maximum Gasteiger partial charge on any atom is 0.261 e. The van der Waals surface area contributed by atoms with E-state index in [-0.39, 0.29) is 23.9 Å². The van der Waals surface area contributed by atoms with E-state index in [0.29, 0.717) is 40.5 Å². The van der Waals surface area contributed by atoms with E-state index in [0.717, 1.165) is 15.9 Å². The highest BCUT2D eigenvalue weighted by Gasteiger charge is 2.30. The van der Waals surface area contributed by atoms with Gasteiger partial charge in [0.2, 0.25) is 0 Å². The second-order valence-corrected chi connectivity index (χ2v) is 9.63. The summed E-state index contributed by atoms with van der Waals surface area (Å²) in [7, 11) is 0. The number of carbonyl (C=O) groups is 1. The van der Waals surface area contributed by atoms with Gasteiger partial charge in [0.15, 0.2) is 5.65 Å². The number of hydrogen-bond donors (Lipinski definition) is 0. The second-order valence-electron chi connectivity index (χ2n) is 8.37. The molecule has 4 aromatic rings. The first-order valence-electron chi connectivity index (χ1n) is 10.7. The van der Waals surface area contributed by atoms with Crippen molar-refractivity contribution in [1.29, 1.82) is 0 Å². The van der Waals surface area contributed by atoms with Gasteiger partial charge in [0.05, 0.1) is 22.9 Å². The summed E-state index contributed by atoms with van der Waals surface area (Å²) in [5.41, 5.74) is 3.91. The van der Waals surface area contributed by atoms with Crippen molar-refractivity contribution >= 4 is 39.1 Å². The van der Waals surface area contributed by atoms with Gasteiger partial charge in [0, 0.05) is 28.1 Å². The van der Waals surface area contributed by atoms with E-state index < -0.39 is 0 Å². The minimum absolute atomic E-state index is 0.0705. The topological polar surface area (TPSA) is 72.5 Å². The first-order chi connectivity index (χ1) is 15.9. The summed E-state index contributed by atoms with van der Waals surface area (Å²) in [6.07, 6.45) is 0.434. The van der Waals surface area contributed by atoms with Crippen molar-refractivity contribution in [3.05, 3.63) is 90.9 Å². The Bertz CT molecular complexity index is 1450. The predicted molar refractivity (Wildman–Crippen MR) is 130 cm³/mol. The summed E-state index contributed by atoms with van der Waals surface area (Å²) < 4.78 is 4.16. The lowest BCUT2D eigenvalue weighted by atomic mass is 10.0. The van der Waals surface area contributed by atoms with Gasteiger partial charge in [-0.05, 0) is 52.7 Å². The molecule has 5 rings (SSSR count). The Hall–Kier alpha value is -2.97. The van der Waals surface area contributed by atoms with Crippen LogP contribution in [0.15, 0.2) is 57.8 Å². The lowest BCUT2D eigenvalue weighted by Crippen LogP contribution is -2.41. The fourth-order valence-electron chi connectivity index (χ4n) is 4.26. The molecule has 0 N–H and O–H groups in total. The molecular formula is C24H21BrClN5O2. The third kappa shape index (κ3) is 3.67. The van der Waals surface area contributed by atoms with E-state index in [1.165, 1.54) is 0 Å². The van der Waals surface area contributed by atoms with Gasteiger partial charge in [-0.3, -0.25) is 14.2 Å². The van der Waals surface area contributed by atoms with Gasteiger partial charge in [0.25, 0.3) is 11.5 Å². The molecule has 2 aromatic carbocycles. The zero-order valence-electron chi connectivity index (χ0n) is 18.1. The van der Waals surface area contributed by atoms with Crippen LogP contribution in [0.4, 0.5) is 0 Å². The molecule has 33 heavy (non-hydrogen) atoms. The summed E-state index contributed by atoms with van der Waals surface area (Å²) in [5.74, 6) is -0.0687. The summed E-state index contributed by atoms with van der Waals surface area (Å²) >= 11 is 9.56. The van der Waals surface area contributed by atoms with Crippen LogP contribution >= 0.6 is 27.5 Å². The highest BCUT2D eigenvalue weighted by atomic mass is 79.9. The predicted octanol–water partition coefficient (Wildman–Crippen LogP) is 4.62. The quantitative estimate of drug-likeness (QED) is 0.391. The van der Waals surface area contributed by atoms with Crippen molar-refractivity contribution in [3.8, 4) is 5.69 Å². The van der Waals surface area contributed by atoms with E-state index in [4.69, 9.17) is 11.6 Å². The molecule has 0 spiro atoms. The van der Waals surface area contributed by atoms with Gasteiger partial charge in [-0.25, -0.2) is 0 Å². The van der Waals surface area contributed by atoms with Crippen molar-refractivity contribution in [3.63, 3.8) is 0 Å². The highest BCUT2D eigenvalue weighted by Crippen LogP contribution is 2.27. The lowest BCUT2D eigenvalue weighted by Gasteiger charge is -2.29. The molecule has 0 bridgehead atoms. The number of benzene rings is 2. The molecule has 1 amide bonds. The van der Waals surface area contributed by atoms with Crippen LogP contribution in [-0.2, 0) is 13.0 Å². The molecule has 1 aliphatic heterocycles. The smallest absolute Gasteiger partial charge is 0.261 e. The number of rotatable bonds is 3. The number of halogens is 2. The van der Waals surface area contributed by atoms with Crippen LogP contribution < -0.4 is 5.56 Å². The van der Waals surface area contributed by atoms with Crippen molar-refractivity contribution in [2.75, 3.05) is 6.54 Å². The molecule has 0 aliphatic carbocycles. The number of aromatic nitrogens is 4. The zero-order valence-corrected chi connectivity index (χ0v) is 20.5. The second kappa shape index (κ2) is 8.43. The molecular weight excluding hydrogens is 506 g/mol. The first-order valence-corrected chi connectivity index (χ1v) is 11.9. The van der Waals surface area contributed by atoms with Crippen LogP contribution in [0.3, 0.4) is 0 Å². The molecule has 0 radical (unpaired) electrons. The van der Waals surface area contributed by atoms with Crippen LogP contribution in [0.2, 0.25) is 5.02 Å². The molecule has 0 saturated heterocycles. The minimum Gasteiger partial charge on any atom is -0.332 e. The van der Waals surface area contributed by atoms with E-state index in [9.17, 15) is 9.59 Å². The van der Waals surface area contributed by atoms with Crippen LogP contribution in [0.25, 0.3) is 11.3 Å². The Morgan fingerprint density at radius 1 is 1.15 bits per heavy atom. The fourth-order valence-corrected chi connectivity index (χ4v) is 4.68. The number of hydrogen-bond acceptors (Lipinski definition) is 4. The first kappa shape index (κ1) is 21.9. The van der Waals surface area contributed by atoms with Gasteiger partial charge < -0.3 is 4.90 Å². The zero-order chi connectivity index (χ0) is 23.3. The van der Waals surface area contributed by atoms with Crippen LogP contribution in [0.1, 0.15) is 47.1 Å². The molecule has 168 valence electrons. The van der Waals surface area contributed by atoms with Crippen molar-refractivity contribution in [2.24, 2.45) is 0 Å². The third-order valence-corrected chi connectivity index (χ3v) is 7.17. The van der Waals surface area contributed by atoms with Gasteiger partial charge in [-0.2, -0.15) is 4.52 Å². The Labute approximate surface area is 203 Å². The SMILES string of the molecule is CC(C)c1nnn2c3c(c(=O)n(-c4ccccc4)c12)CCN(C(=O)c1ccc(Br)c(Cl)c1)C3. The van der Waals surface area contributed by atoms with Crippen LogP contribution in [0, 0.1) is 0 Å². The summed E-state index contributed by atoms with van der Waals surface area (Å²) in [6.45, 7) is 4.75. The molecule has 2 aromatic heterocycles. The van der Waals surface area contributed by atoms with Gasteiger partial charge >= 0.3 is 0 Å². The van der Waals surface area contributed by atoms with Crippen molar-refractivity contribution in [2.45, 2.75) is 32.7 Å². The van der Waals surface area contributed by atoms with Crippen LogP contribution in [-0.4, -0.2) is 36.7 Å². The lowest BCUT2D eigenvalue weighted by molar-refractivity contribution is 0.0729. The van der Waals surface area contributed by atoms with Gasteiger partial charge in [0.1, 0.15) is 5.69 Å². The molecule has 1 aliphatic rings. The molecule has 0 atom stereocenters. The Morgan fingerprint density at radius 3 is 2.61 bits per heavy atom. The van der Waals surface area contributed by atoms with Gasteiger partial charge in [-0.1, -0.05) is 48.9 Å². The number of nitrogens with zero attached hydrogens (tertiary/aromatic N) is 5. The minimum atomic E-state index is -0.139. The Morgan fingerprint density at radius 2 is 1.91 bits per heavy atom. The standard InChI is InChI=1S/C24H21BrClN5O2/c1-14(2)21-22-30(16-6-4-3-5-7-16)24(33)17-10-11-29(13-20(17)31(22)28-27-21)23(32)15-8-9-18(25)19(26)12-15/h3-9,12,14H,10-11,13H2,1-2H3. The molecule has 0 fully saturated rings. The summed E-state index contributed by atoms with van der Waals surface area (Å²) in [6, 6.07) is 14.7. The van der Waals surface area contributed by atoms with Crippen LogP contribution in [0.5, 0.6) is 0 Å². The molecule has 0 unspecified atom stereocenters. The third-order valence-electron chi connectivity index (χ3n) is 5.94. The normalized spacial score (nSPS) is 13.5. The van der Waals surface area contributed by atoms with Crippen molar-refractivity contribution in [1.82, 2.24) is 24.3 Å². The van der Waals surface area contributed by atoms with Gasteiger partial charge in [-0.15, -0.1) is 5.10 Å². The molecule has 3 heterocycles. The van der Waals surface area contributed by atoms with E-state index in [1.54, 1.807) is 32.2 Å². The number of amides is 1. The summed E-state index contributed by atoms with van der Waals surface area (Å²) in [4.78, 5) is 28.6. The number of carbonyl (C=O) groups excluding carboxylic acids is 1. The average Bonchev–Trinajstić information content (AvgIpc) is 3.26. The number of para-hydroxylation sites is 1. The fraction of sp³-hybridized carbons (Fsp3) is 0.250. The Kier molecular flexibility index (Phi) is 5.58. The van der Waals surface area contributed by atoms with E-state index in [2.05, 4.69) is 26.2 Å². The molecule has 7 nitrogen and oxygen atoms in total. The maximum absolute atomic E-state index is 13.7. The molecule has 0 saturated carbocycles. The van der Waals surface area contributed by atoms with E-state index >= 15 is 0 Å². The number of fused-ring (bicyclic) bond motifs is 3.